The molecule has 1 aliphatic carbocycles. The first-order valence-electron chi connectivity index (χ1n) is 7.74. The summed E-state index contributed by atoms with van der Waals surface area (Å²) in [5.41, 5.74) is 0.863. The second-order valence-electron chi connectivity index (χ2n) is 6.58. The zero-order valence-corrected chi connectivity index (χ0v) is 13.0. The molecule has 0 spiro atoms. The Labute approximate surface area is 126 Å². The normalized spacial score (nSPS) is 29.2. The van der Waals surface area contributed by atoms with Crippen molar-refractivity contribution in [2.75, 3.05) is 13.9 Å². The maximum atomic E-state index is 10.8. The third kappa shape index (κ3) is 2.82. The van der Waals surface area contributed by atoms with Gasteiger partial charge in [0.2, 0.25) is 12.5 Å². The number of hydrogen-bond donors (Lipinski definition) is 1. The molecular formula is C17H24O4. The highest BCUT2D eigenvalue weighted by Crippen LogP contribution is 2.46. The van der Waals surface area contributed by atoms with E-state index in [4.69, 9.17) is 14.2 Å². The number of aliphatic hydroxyl groups excluding tert-OH is 1. The molecule has 0 bridgehead atoms. The van der Waals surface area contributed by atoms with Gasteiger partial charge in [0.1, 0.15) is 0 Å². The highest BCUT2D eigenvalue weighted by atomic mass is 16.7. The summed E-state index contributed by atoms with van der Waals surface area (Å²) in [6, 6.07) is 3.77. The van der Waals surface area contributed by atoms with Crippen molar-refractivity contribution in [1.82, 2.24) is 0 Å². The van der Waals surface area contributed by atoms with Gasteiger partial charge in [-0.3, -0.25) is 0 Å². The van der Waals surface area contributed by atoms with Gasteiger partial charge in [-0.15, -0.1) is 0 Å². The lowest BCUT2D eigenvalue weighted by molar-refractivity contribution is 0.0549. The summed E-state index contributed by atoms with van der Waals surface area (Å²) in [4.78, 5) is 0. The van der Waals surface area contributed by atoms with Gasteiger partial charge in [0.25, 0.3) is 0 Å². The quantitative estimate of drug-likeness (QED) is 0.926. The van der Waals surface area contributed by atoms with Crippen molar-refractivity contribution in [3.05, 3.63) is 17.7 Å². The first kappa shape index (κ1) is 14.5. The number of aliphatic hydroxyl groups is 1. The molecule has 1 aliphatic heterocycles. The topological polar surface area (TPSA) is 47.9 Å². The molecule has 116 valence electrons. The molecule has 3 unspecified atom stereocenters. The van der Waals surface area contributed by atoms with Gasteiger partial charge in [-0.2, -0.15) is 0 Å². The number of hydrogen-bond acceptors (Lipinski definition) is 4. The van der Waals surface area contributed by atoms with Crippen LogP contribution in [0.3, 0.4) is 0 Å². The number of methoxy groups -OCH3 is 1. The summed E-state index contributed by atoms with van der Waals surface area (Å²) in [7, 11) is 1.61. The van der Waals surface area contributed by atoms with Crippen molar-refractivity contribution < 1.29 is 19.3 Å². The fourth-order valence-corrected chi connectivity index (χ4v) is 3.86. The highest BCUT2D eigenvalue weighted by molar-refractivity contribution is 5.55. The molecule has 2 aliphatic rings. The Hall–Kier alpha value is -1.42. The zero-order valence-electron chi connectivity index (χ0n) is 13.0. The smallest absolute Gasteiger partial charge is 0.231 e. The molecule has 1 fully saturated rings. The van der Waals surface area contributed by atoms with Crippen molar-refractivity contribution in [1.29, 1.82) is 0 Å². The summed E-state index contributed by atoms with van der Waals surface area (Å²) in [6.45, 7) is 4.76. The lowest BCUT2D eigenvalue weighted by Crippen LogP contribution is -2.24. The van der Waals surface area contributed by atoms with E-state index in [2.05, 4.69) is 13.8 Å². The van der Waals surface area contributed by atoms with Gasteiger partial charge in [0, 0.05) is 0 Å². The summed E-state index contributed by atoms with van der Waals surface area (Å²) in [5, 5.41) is 10.8. The Morgan fingerprint density at radius 1 is 1.14 bits per heavy atom. The van der Waals surface area contributed by atoms with E-state index in [1.165, 1.54) is 6.42 Å². The lowest BCUT2D eigenvalue weighted by atomic mass is 9.73. The van der Waals surface area contributed by atoms with Crippen molar-refractivity contribution in [3.63, 3.8) is 0 Å². The molecule has 0 amide bonds. The fourth-order valence-electron chi connectivity index (χ4n) is 3.86. The maximum absolute atomic E-state index is 10.8. The molecule has 4 heteroatoms. The van der Waals surface area contributed by atoms with Crippen LogP contribution in [0.5, 0.6) is 17.2 Å². The predicted molar refractivity (Wildman–Crippen MR) is 79.7 cm³/mol. The molecule has 1 N–H and O–H groups in total. The molecule has 4 nitrogen and oxygen atoms in total. The zero-order chi connectivity index (χ0) is 15.0. The second kappa shape index (κ2) is 5.76. The molecule has 0 aromatic heterocycles. The van der Waals surface area contributed by atoms with Gasteiger partial charge < -0.3 is 19.3 Å². The minimum Gasteiger partial charge on any atom is -0.493 e. The van der Waals surface area contributed by atoms with Crippen LogP contribution in [-0.2, 0) is 0 Å². The van der Waals surface area contributed by atoms with Crippen molar-refractivity contribution in [2.24, 2.45) is 17.8 Å². The average Bonchev–Trinajstić information content (AvgIpc) is 2.92. The van der Waals surface area contributed by atoms with E-state index < -0.39 is 6.10 Å². The van der Waals surface area contributed by atoms with Gasteiger partial charge in [-0.25, -0.2) is 0 Å². The van der Waals surface area contributed by atoms with Gasteiger partial charge in [-0.05, 0) is 54.7 Å². The van der Waals surface area contributed by atoms with Gasteiger partial charge >= 0.3 is 0 Å². The van der Waals surface area contributed by atoms with E-state index in [9.17, 15) is 5.11 Å². The van der Waals surface area contributed by atoms with Gasteiger partial charge in [0.15, 0.2) is 11.5 Å². The summed E-state index contributed by atoms with van der Waals surface area (Å²) < 4.78 is 16.2. The van der Waals surface area contributed by atoms with E-state index >= 15 is 0 Å². The number of fused-ring (bicyclic) bond motifs is 1. The Kier molecular flexibility index (Phi) is 3.98. The highest BCUT2D eigenvalue weighted by Gasteiger charge is 2.31. The molecule has 1 aromatic carbocycles. The Morgan fingerprint density at radius 2 is 1.86 bits per heavy atom. The van der Waals surface area contributed by atoms with Crippen LogP contribution in [0.25, 0.3) is 0 Å². The molecule has 1 heterocycles. The Morgan fingerprint density at radius 3 is 2.52 bits per heavy atom. The van der Waals surface area contributed by atoms with Crippen LogP contribution in [0.4, 0.5) is 0 Å². The van der Waals surface area contributed by atoms with Crippen molar-refractivity contribution >= 4 is 0 Å². The number of benzene rings is 1. The third-order valence-electron chi connectivity index (χ3n) is 4.68. The van der Waals surface area contributed by atoms with Crippen LogP contribution in [0.15, 0.2) is 12.1 Å². The molecule has 0 radical (unpaired) electrons. The molecule has 0 saturated heterocycles. The second-order valence-corrected chi connectivity index (χ2v) is 6.58. The minimum absolute atomic E-state index is 0.211. The molecule has 3 atom stereocenters. The van der Waals surface area contributed by atoms with Gasteiger partial charge in [0.05, 0.1) is 13.2 Å². The Balaban J connectivity index is 1.86. The lowest BCUT2D eigenvalue weighted by Gasteiger charge is -2.34. The number of rotatable bonds is 3. The van der Waals surface area contributed by atoms with E-state index in [0.717, 1.165) is 18.4 Å². The first-order chi connectivity index (χ1) is 10.1. The van der Waals surface area contributed by atoms with E-state index in [-0.39, 0.29) is 6.79 Å². The van der Waals surface area contributed by atoms with E-state index in [0.29, 0.717) is 35.0 Å². The number of ether oxygens (including phenoxy) is 3. The van der Waals surface area contributed by atoms with E-state index in [1.807, 2.05) is 12.1 Å². The molecule has 3 rings (SSSR count). The SMILES string of the molecule is COc1cc(C(O)C2CC(C)CC(C)C2)cc2c1OCO2. The van der Waals surface area contributed by atoms with Crippen LogP contribution < -0.4 is 14.2 Å². The molecular weight excluding hydrogens is 268 g/mol. The third-order valence-corrected chi connectivity index (χ3v) is 4.68. The van der Waals surface area contributed by atoms with Crippen LogP contribution >= 0.6 is 0 Å². The maximum Gasteiger partial charge on any atom is 0.231 e. The molecule has 1 aromatic rings. The monoisotopic (exact) mass is 292 g/mol. The fraction of sp³-hybridized carbons (Fsp3) is 0.647. The summed E-state index contributed by atoms with van der Waals surface area (Å²) >= 11 is 0. The molecule has 1 saturated carbocycles. The van der Waals surface area contributed by atoms with Crippen LogP contribution in [0, 0.1) is 17.8 Å². The van der Waals surface area contributed by atoms with Crippen LogP contribution in [0.2, 0.25) is 0 Å². The average molecular weight is 292 g/mol. The first-order valence-corrected chi connectivity index (χ1v) is 7.74. The van der Waals surface area contributed by atoms with Gasteiger partial charge in [-0.1, -0.05) is 13.8 Å². The Bertz CT molecular complexity index is 504. The molecule has 21 heavy (non-hydrogen) atoms. The van der Waals surface area contributed by atoms with Crippen molar-refractivity contribution in [2.45, 2.75) is 39.2 Å². The largest absolute Gasteiger partial charge is 0.493 e. The standard InChI is InChI=1S/C17H24O4/c1-10-4-11(2)6-12(5-10)16(18)13-7-14(19-3)17-15(8-13)20-9-21-17/h7-8,10-12,16,18H,4-6,9H2,1-3H3. The van der Waals surface area contributed by atoms with Crippen LogP contribution in [-0.4, -0.2) is 19.0 Å². The summed E-state index contributed by atoms with van der Waals surface area (Å²) in [6.07, 6.45) is 2.93. The predicted octanol–water partition coefficient (Wildman–Crippen LogP) is 3.53. The van der Waals surface area contributed by atoms with E-state index in [1.54, 1.807) is 7.11 Å². The summed E-state index contributed by atoms with van der Waals surface area (Å²) in [5.74, 6) is 3.58. The van der Waals surface area contributed by atoms with Crippen LogP contribution in [0.1, 0.15) is 44.8 Å². The van der Waals surface area contributed by atoms with Crippen molar-refractivity contribution in [3.8, 4) is 17.2 Å². The minimum atomic E-state index is -0.474.